The summed E-state index contributed by atoms with van der Waals surface area (Å²) in [5, 5.41) is 2.19. The third-order valence-electron chi connectivity index (χ3n) is 12.2. The molecule has 1 aliphatic rings. The van der Waals surface area contributed by atoms with Crippen LogP contribution in [0.3, 0.4) is 0 Å². The Labute approximate surface area is 395 Å². The van der Waals surface area contributed by atoms with Crippen molar-refractivity contribution in [3.63, 3.8) is 0 Å². The van der Waals surface area contributed by atoms with Gasteiger partial charge in [0.2, 0.25) is 0 Å². The SMILES string of the molecule is Cc1ccc2c(c1)N(c1c(C(C)C)cc(-c3ccc(F)cc3)cc1C(C)C)[CH-]N2c1[c-]c(Oc2[c-]c3c(cc2)c2ccccc2n3-c2ccccn2)cc(-[n+]2ccccc2C(C)C)c1.[Pt]. The molecule has 0 atom stereocenters. The molecule has 0 spiro atoms. The molecule has 328 valence electrons. The van der Waals surface area contributed by atoms with Crippen molar-refractivity contribution in [3.05, 3.63) is 199 Å². The molecule has 0 N–H and O–H groups in total. The second-order valence-electron chi connectivity index (χ2n) is 17.6. The summed E-state index contributed by atoms with van der Waals surface area (Å²) < 4.78 is 25.4. The number of halogens is 1. The molecule has 6 aromatic carbocycles. The fourth-order valence-electron chi connectivity index (χ4n) is 9.06. The van der Waals surface area contributed by atoms with Gasteiger partial charge < -0.3 is 19.1 Å². The number of ether oxygens (including phenoxy) is 1. The predicted molar refractivity (Wildman–Crippen MR) is 258 cm³/mol. The number of fused-ring (bicyclic) bond motifs is 4. The van der Waals surface area contributed by atoms with Gasteiger partial charge in [-0.15, -0.1) is 30.3 Å². The molecule has 0 saturated carbocycles. The van der Waals surface area contributed by atoms with Gasteiger partial charge in [-0.05, 0) is 107 Å². The standard InChI is InChI=1S/C57H50FN5O.Pt/c1-36(2)49-29-41(40-19-21-42(58)22-20-40)30-50(37(3)4)57(49)62-35-61(53-25-18-39(7)28-55(53)62)44-31-43(60-27-13-11-15-51(60)38(5)6)32-46(33-44)64-45-23-24-48-47-14-8-9-16-52(47)63(54(48)34-45)56-17-10-12-26-59-56;/h8-32,35-38H,1-7H3;/q-2;. The summed E-state index contributed by atoms with van der Waals surface area (Å²) >= 11 is 0. The Morgan fingerprint density at radius 1 is 0.646 bits per heavy atom. The maximum absolute atomic E-state index is 14.1. The van der Waals surface area contributed by atoms with Gasteiger partial charge in [-0.1, -0.05) is 113 Å². The average Bonchev–Trinajstić information content (AvgIpc) is 3.84. The van der Waals surface area contributed by atoms with Crippen LogP contribution in [0.2, 0.25) is 0 Å². The zero-order chi connectivity index (χ0) is 44.2. The van der Waals surface area contributed by atoms with E-state index in [9.17, 15) is 4.39 Å². The van der Waals surface area contributed by atoms with Crippen LogP contribution in [0.5, 0.6) is 11.5 Å². The van der Waals surface area contributed by atoms with Crippen LogP contribution in [-0.2, 0) is 21.1 Å². The van der Waals surface area contributed by atoms with Crippen LogP contribution in [-0.4, -0.2) is 9.55 Å². The molecule has 9 aromatic rings. The maximum Gasteiger partial charge on any atom is 0.187 e. The number of aryl methyl sites for hydroxylation is 1. The van der Waals surface area contributed by atoms with Gasteiger partial charge in [0.05, 0.1) is 0 Å². The molecular formula is C57H50FN5OPt-2. The van der Waals surface area contributed by atoms with Crippen LogP contribution >= 0.6 is 0 Å². The van der Waals surface area contributed by atoms with E-state index < -0.39 is 0 Å². The molecule has 0 radical (unpaired) electrons. The van der Waals surface area contributed by atoms with Gasteiger partial charge in [0.1, 0.15) is 17.3 Å². The smallest absolute Gasteiger partial charge is 0.187 e. The van der Waals surface area contributed by atoms with Gasteiger partial charge >= 0.3 is 0 Å². The van der Waals surface area contributed by atoms with Crippen LogP contribution in [0.15, 0.2) is 152 Å². The molecule has 8 heteroatoms. The first-order valence-electron chi connectivity index (χ1n) is 22.1. The van der Waals surface area contributed by atoms with Crippen molar-refractivity contribution in [2.24, 2.45) is 0 Å². The molecule has 4 heterocycles. The predicted octanol–water partition coefficient (Wildman–Crippen LogP) is 14.7. The molecular weight excluding hydrogens is 985 g/mol. The number of rotatable bonds is 10. The Balaban J connectivity index is 0.00000533. The fraction of sp³-hybridized carbons (Fsp3) is 0.175. The normalized spacial score (nSPS) is 12.5. The number of para-hydroxylation sites is 1. The van der Waals surface area contributed by atoms with Crippen molar-refractivity contribution >= 4 is 44.6 Å². The monoisotopic (exact) mass is 1030 g/mol. The molecule has 3 aromatic heterocycles. The van der Waals surface area contributed by atoms with Gasteiger partial charge in [-0.25, -0.2) is 9.37 Å². The zero-order valence-electron chi connectivity index (χ0n) is 37.6. The number of pyridine rings is 2. The van der Waals surface area contributed by atoms with E-state index in [1.54, 1.807) is 0 Å². The maximum atomic E-state index is 14.1. The number of nitrogens with zero attached hydrogens (tertiary/aromatic N) is 5. The van der Waals surface area contributed by atoms with Crippen molar-refractivity contribution in [1.29, 1.82) is 0 Å². The van der Waals surface area contributed by atoms with Gasteiger partial charge in [-0.2, -0.15) is 10.6 Å². The molecule has 10 rings (SSSR count). The quantitative estimate of drug-likeness (QED) is 0.101. The largest absolute Gasteiger partial charge is 0.509 e. The fourth-order valence-corrected chi connectivity index (χ4v) is 9.06. The number of benzene rings is 6. The Kier molecular flexibility index (Phi) is 11.9. The molecule has 0 saturated heterocycles. The van der Waals surface area contributed by atoms with Crippen LogP contribution in [0.4, 0.5) is 27.1 Å². The van der Waals surface area contributed by atoms with E-state index in [4.69, 9.17) is 9.72 Å². The first-order chi connectivity index (χ1) is 31.0. The van der Waals surface area contributed by atoms with Crippen LogP contribution in [0, 0.1) is 31.5 Å². The van der Waals surface area contributed by atoms with Gasteiger partial charge in [0.15, 0.2) is 11.9 Å². The van der Waals surface area contributed by atoms with Crippen LogP contribution in [0.1, 0.15) is 81.7 Å². The molecule has 0 fully saturated rings. The third-order valence-corrected chi connectivity index (χ3v) is 12.2. The van der Waals surface area contributed by atoms with Crippen molar-refractivity contribution in [2.75, 3.05) is 9.80 Å². The number of aromatic nitrogens is 3. The van der Waals surface area contributed by atoms with Crippen molar-refractivity contribution in [2.45, 2.75) is 66.2 Å². The van der Waals surface area contributed by atoms with Crippen molar-refractivity contribution < 1.29 is 34.8 Å². The summed E-state index contributed by atoms with van der Waals surface area (Å²) in [6.45, 7) is 17.8. The Hall–Kier alpha value is -6.56. The first kappa shape index (κ1) is 43.7. The minimum absolute atomic E-state index is 0. The topological polar surface area (TPSA) is 37.4 Å². The molecule has 1 aliphatic heterocycles. The molecule has 65 heavy (non-hydrogen) atoms. The average molecular weight is 1040 g/mol. The van der Waals surface area contributed by atoms with E-state index in [0.717, 1.165) is 72.8 Å². The number of hydrogen-bond acceptors (Lipinski definition) is 4. The van der Waals surface area contributed by atoms with Gasteiger partial charge in [-0.3, -0.25) is 0 Å². The Morgan fingerprint density at radius 3 is 2.11 bits per heavy atom. The zero-order valence-corrected chi connectivity index (χ0v) is 39.9. The summed E-state index contributed by atoms with van der Waals surface area (Å²) in [5.74, 6) is 2.37. The van der Waals surface area contributed by atoms with Gasteiger partial charge in [0.25, 0.3) is 0 Å². The van der Waals surface area contributed by atoms with E-state index in [1.165, 1.54) is 29.0 Å². The number of hydrogen-bond donors (Lipinski definition) is 0. The van der Waals surface area contributed by atoms with Crippen molar-refractivity contribution in [3.8, 4) is 34.1 Å². The molecule has 0 aliphatic carbocycles. The summed E-state index contributed by atoms with van der Waals surface area (Å²) in [4.78, 5) is 9.32. The molecule has 0 amide bonds. The Morgan fingerprint density at radius 2 is 1.38 bits per heavy atom. The van der Waals surface area contributed by atoms with E-state index in [2.05, 4.69) is 183 Å². The van der Waals surface area contributed by atoms with E-state index >= 15 is 0 Å². The van der Waals surface area contributed by atoms with Crippen molar-refractivity contribution in [1.82, 2.24) is 9.55 Å². The second-order valence-corrected chi connectivity index (χ2v) is 17.6. The first-order valence-corrected chi connectivity index (χ1v) is 22.1. The van der Waals surface area contributed by atoms with E-state index in [-0.39, 0.29) is 44.6 Å². The second kappa shape index (κ2) is 17.8. The van der Waals surface area contributed by atoms with E-state index in [1.807, 2.05) is 42.6 Å². The minimum Gasteiger partial charge on any atom is -0.509 e. The third kappa shape index (κ3) is 8.12. The Bertz CT molecular complexity index is 3170. The molecule has 0 bridgehead atoms. The number of anilines is 4. The molecule has 0 unspecified atom stereocenters. The van der Waals surface area contributed by atoms with Gasteiger partial charge in [0, 0.05) is 79.4 Å². The minimum atomic E-state index is -0.239. The van der Waals surface area contributed by atoms with E-state index in [0.29, 0.717) is 11.5 Å². The summed E-state index contributed by atoms with van der Waals surface area (Å²) in [6.07, 6.45) is 3.93. The summed E-state index contributed by atoms with van der Waals surface area (Å²) in [6, 6.07) is 54.4. The summed E-state index contributed by atoms with van der Waals surface area (Å²) in [5.41, 5.74) is 13.8. The summed E-state index contributed by atoms with van der Waals surface area (Å²) in [7, 11) is 0. The molecule has 6 nitrogen and oxygen atoms in total. The van der Waals surface area contributed by atoms with Crippen LogP contribution < -0.4 is 19.1 Å². The van der Waals surface area contributed by atoms with Crippen LogP contribution in [0.25, 0.3) is 44.4 Å².